The molecule has 7 heteroatoms. The van der Waals surface area contributed by atoms with Gasteiger partial charge in [-0.1, -0.05) is 11.8 Å². The van der Waals surface area contributed by atoms with Gasteiger partial charge in [0.05, 0.1) is 12.6 Å². The topological polar surface area (TPSA) is 82.5 Å². The first-order valence-corrected chi connectivity index (χ1v) is 7.82. The Morgan fingerprint density at radius 3 is 2.91 bits per heavy atom. The van der Waals surface area contributed by atoms with E-state index in [2.05, 4.69) is 10.2 Å². The van der Waals surface area contributed by atoms with E-state index in [-0.39, 0.29) is 5.91 Å². The van der Waals surface area contributed by atoms with Crippen molar-refractivity contribution < 1.29 is 9.53 Å². The molecule has 0 saturated carbocycles. The van der Waals surface area contributed by atoms with Gasteiger partial charge in [0.25, 0.3) is 0 Å². The van der Waals surface area contributed by atoms with Gasteiger partial charge in [-0.25, -0.2) is 0 Å². The van der Waals surface area contributed by atoms with E-state index in [1.165, 1.54) is 11.8 Å². The van der Waals surface area contributed by atoms with Gasteiger partial charge in [0.15, 0.2) is 10.8 Å². The van der Waals surface area contributed by atoms with Crippen LogP contribution in [0.3, 0.4) is 0 Å². The predicted octanol–water partition coefficient (Wildman–Crippen LogP) is 2.17. The number of rotatable bonds is 5. The summed E-state index contributed by atoms with van der Waals surface area (Å²) in [6, 6.07) is 7.93. The molecule has 0 aliphatic carbocycles. The lowest BCUT2D eigenvalue weighted by Gasteiger charge is -2.09. The van der Waals surface area contributed by atoms with Crippen LogP contribution in [0.2, 0.25) is 0 Å². The van der Waals surface area contributed by atoms with Crippen molar-refractivity contribution in [1.82, 2.24) is 14.6 Å². The molecule has 0 unspecified atom stereocenters. The van der Waals surface area contributed by atoms with Gasteiger partial charge >= 0.3 is 0 Å². The van der Waals surface area contributed by atoms with Gasteiger partial charge in [0.2, 0.25) is 5.91 Å². The van der Waals surface area contributed by atoms with Crippen molar-refractivity contribution in [2.75, 3.05) is 12.9 Å². The van der Waals surface area contributed by atoms with E-state index in [1.807, 2.05) is 35.6 Å². The zero-order chi connectivity index (χ0) is 15.7. The van der Waals surface area contributed by atoms with Gasteiger partial charge in [-0.05, 0) is 30.7 Å². The maximum atomic E-state index is 10.9. The Kier molecular flexibility index (Phi) is 3.89. The number of methoxy groups -OCH3 is 1. The van der Waals surface area contributed by atoms with Crippen molar-refractivity contribution in [3.05, 3.63) is 29.8 Å². The molecule has 0 atom stereocenters. The first kappa shape index (κ1) is 14.6. The molecule has 0 aliphatic heterocycles. The monoisotopic (exact) mass is 316 g/mol. The zero-order valence-corrected chi connectivity index (χ0v) is 13.2. The highest BCUT2D eigenvalue weighted by Gasteiger charge is 2.12. The highest BCUT2D eigenvalue weighted by atomic mass is 32.2. The average molecular weight is 316 g/mol. The minimum absolute atomic E-state index is 0.312. The summed E-state index contributed by atoms with van der Waals surface area (Å²) >= 11 is 1.47. The fourth-order valence-corrected chi connectivity index (χ4v) is 3.27. The lowest BCUT2D eigenvalue weighted by Crippen LogP contribution is -2.11. The molecule has 2 N–H and O–H groups in total. The summed E-state index contributed by atoms with van der Waals surface area (Å²) in [4.78, 5) is 10.9. The Morgan fingerprint density at radius 2 is 2.18 bits per heavy atom. The summed E-state index contributed by atoms with van der Waals surface area (Å²) in [5.41, 5.74) is 8.08. The molecule has 2 aromatic heterocycles. The Labute approximate surface area is 131 Å². The van der Waals surface area contributed by atoms with Crippen LogP contribution in [-0.2, 0) is 4.79 Å². The fourth-order valence-electron chi connectivity index (χ4n) is 2.37. The molecule has 0 radical (unpaired) electrons. The summed E-state index contributed by atoms with van der Waals surface area (Å²) in [6.07, 6.45) is 0.312. The highest BCUT2D eigenvalue weighted by molar-refractivity contribution is 7.99. The van der Waals surface area contributed by atoms with E-state index < -0.39 is 0 Å². The smallest absolute Gasteiger partial charge is 0.218 e. The van der Waals surface area contributed by atoms with Crippen molar-refractivity contribution in [3.63, 3.8) is 0 Å². The summed E-state index contributed by atoms with van der Waals surface area (Å²) < 4.78 is 7.30. The minimum atomic E-state index is -0.316. The lowest BCUT2D eigenvalue weighted by atomic mass is 10.1. The summed E-state index contributed by atoms with van der Waals surface area (Å²) in [5, 5.41) is 10.3. The number of carbonyl (C=O) groups is 1. The number of primary amides is 1. The number of aryl methyl sites for hydroxylation is 1. The van der Waals surface area contributed by atoms with Crippen LogP contribution in [0.4, 0.5) is 0 Å². The van der Waals surface area contributed by atoms with Crippen molar-refractivity contribution in [2.24, 2.45) is 5.73 Å². The van der Waals surface area contributed by atoms with E-state index in [1.54, 1.807) is 7.11 Å². The number of pyridine rings is 1. The normalized spacial score (nSPS) is 11.2. The number of thioether (sulfide) groups is 1. The van der Waals surface area contributed by atoms with Gasteiger partial charge in [-0.3, -0.25) is 9.20 Å². The number of fused-ring (bicyclic) bond motifs is 3. The third kappa shape index (κ3) is 2.59. The Balaban J connectivity index is 2.14. The fraction of sp³-hybridized carbons (Fsp3) is 0.267. The molecule has 3 aromatic rings. The third-order valence-electron chi connectivity index (χ3n) is 3.45. The molecule has 0 fully saturated rings. The van der Waals surface area contributed by atoms with E-state index in [0.29, 0.717) is 12.2 Å². The van der Waals surface area contributed by atoms with E-state index in [9.17, 15) is 4.79 Å². The molecule has 114 valence electrons. The molecular weight excluding hydrogens is 300 g/mol. The molecule has 22 heavy (non-hydrogen) atoms. The van der Waals surface area contributed by atoms with Crippen LogP contribution in [0.15, 0.2) is 29.4 Å². The van der Waals surface area contributed by atoms with Crippen LogP contribution in [0.5, 0.6) is 5.75 Å². The molecule has 1 amide bonds. The predicted molar refractivity (Wildman–Crippen MR) is 86.3 cm³/mol. The second-order valence-electron chi connectivity index (χ2n) is 4.95. The standard InChI is InChI=1S/C15H16N4O2S/c1-9-7-14-17-18-15(22-6-5-13(16)20)19(14)12-8-10(21-2)3-4-11(9)12/h3-4,7-8H,5-6H2,1-2H3,(H2,16,20). The van der Waals surface area contributed by atoms with Gasteiger partial charge in [-0.2, -0.15) is 0 Å². The van der Waals surface area contributed by atoms with E-state index >= 15 is 0 Å². The molecule has 0 spiro atoms. The summed E-state index contributed by atoms with van der Waals surface area (Å²) in [6.45, 7) is 2.05. The van der Waals surface area contributed by atoms with Crippen molar-refractivity contribution in [3.8, 4) is 5.75 Å². The number of nitrogens with two attached hydrogens (primary N) is 1. The number of aromatic nitrogens is 3. The first-order valence-electron chi connectivity index (χ1n) is 6.83. The molecule has 0 bridgehead atoms. The summed E-state index contributed by atoms with van der Waals surface area (Å²) in [5.74, 6) is 1.04. The van der Waals surface area contributed by atoms with Crippen molar-refractivity contribution in [2.45, 2.75) is 18.5 Å². The minimum Gasteiger partial charge on any atom is -0.497 e. The second-order valence-corrected chi connectivity index (χ2v) is 6.01. The highest BCUT2D eigenvalue weighted by Crippen LogP contribution is 2.28. The van der Waals surface area contributed by atoms with Gasteiger partial charge < -0.3 is 10.5 Å². The third-order valence-corrected chi connectivity index (χ3v) is 4.38. The van der Waals surface area contributed by atoms with Crippen LogP contribution in [0.1, 0.15) is 12.0 Å². The number of hydrogen-bond acceptors (Lipinski definition) is 5. The van der Waals surface area contributed by atoms with Gasteiger partial charge in [-0.15, -0.1) is 10.2 Å². The van der Waals surface area contributed by atoms with Crippen LogP contribution >= 0.6 is 11.8 Å². The number of benzene rings is 1. The largest absolute Gasteiger partial charge is 0.497 e. The van der Waals surface area contributed by atoms with Crippen molar-refractivity contribution in [1.29, 1.82) is 0 Å². The Bertz CT molecular complexity index is 859. The number of ether oxygens (including phenoxy) is 1. The molecule has 6 nitrogen and oxygen atoms in total. The van der Waals surface area contributed by atoms with Crippen molar-refractivity contribution >= 4 is 34.2 Å². The van der Waals surface area contributed by atoms with Gasteiger partial charge in [0, 0.05) is 23.6 Å². The van der Waals surface area contributed by atoms with E-state index in [0.717, 1.165) is 33.0 Å². The molecule has 0 aliphatic rings. The molecule has 0 saturated heterocycles. The number of hydrogen-bond donors (Lipinski definition) is 1. The van der Waals surface area contributed by atoms with Crippen LogP contribution < -0.4 is 10.5 Å². The Morgan fingerprint density at radius 1 is 1.36 bits per heavy atom. The van der Waals surface area contributed by atoms with Gasteiger partial charge in [0.1, 0.15) is 5.75 Å². The number of amides is 1. The van der Waals surface area contributed by atoms with E-state index in [4.69, 9.17) is 10.5 Å². The SMILES string of the molecule is COc1ccc2c(C)cc3nnc(SCCC(N)=O)n3c2c1. The molecule has 3 rings (SSSR count). The lowest BCUT2D eigenvalue weighted by molar-refractivity contribution is -0.117. The maximum absolute atomic E-state index is 10.9. The Hall–Kier alpha value is -2.28. The van der Waals surface area contributed by atoms with Crippen LogP contribution in [0, 0.1) is 6.92 Å². The summed E-state index contributed by atoms with van der Waals surface area (Å²) in [7, 11) is 1.64. The van der Waals surface area contributed by atoms with Crippen LogP contribution in [-0.4, -0.2) is 33.4 Å². The molecule has 2 heterocycles. The maximum Gasteiger partial charge on any atom is 0.218 e. The first-order chi connectivity index (χ1) is 10.6. The molecular formula is C15H16N4O2S. The van der Waals surface area contributed by atoms with Crippen LogP contribution in [0.25, 0.3) is 16.6 Å². The quantitative estimate of drug-likeness (QED) is 0.729. The zero-order valence-electron chi connectivity index (χ0n) is 12.4. The molecule has 1 aromatic carbocycles. The second kappa shape index (κ2) is 5.84. The number of carbonyl (C=O) groups excluding carboxylic acids is 1. The average Bonchev–Trinajstić information content (AvgIpc) is 2.89. The number of nitrogens with zero attached hydrogens (tertiary/aromatic N) is 3.